The molecule has 0 aromatic heterocycles. The number of aryl methyl sites for hydroxylation is 1. The van der Waals surface area contributed by atoms with E-state index in [0.29, 0.717) is 0 Å². The number of benzene rings is 2. The van der Waals surface area contributed by atoms with Crippen LogP contribution in [0, 0.1) is 6.92 Å². The maximum atomic E-state index is 12.3. The third-order valence-corrected chi connectivity index (χ3v) is 8.99. The van der Waals surface area contributed by atoms with E-state index in [1.807, 2.05) is 39.4 Å². The van der Waals surface area contributed by atoms with Gasteiger partial charge in [-0.3, -0.25) is 0 Å². The summed E-state index contributed by atoms with van der Waals surface area (Å²) in [4.78, 5) is 16.3. The number of anilines is 1. The smallest absolute Gasteiger partial charge is 0.430 e. The zero-order chi connectivity index (χ0) is 22.1. The van der Waals surface area contributed by atoms with Gasteiger partial charge in [-0.2, -0.15) is 0 Å². The average molecular weight is 481 g/mol. The van der Waals surface area contributed by atoms with Crippen LogP contribution in [-0.4, -0.2) is 48.2 Å². The molecule has 4 rings (SSSR count). The third-order valence-electron chi connectivity index (χ3n) is 4.38. The number of hydrogen-bond donors (Lipinski definition) is 0. The number of carbonyl (C=O) groups is 1. The van der Waals surface area contributed by atoms with Crippen LogP contribution in [0.4, 0.5) is 5.69 Å². The Bertz CT molecular complexity index is 1160. The summed E-state index contributed by atoms with van der Waals surface area (Å²) in [6.07, 6.45) is 2.00. The average Bonchev–Trinajstić information content (AvgIpc) is 3.19. The van der Waals surface area contributed by atoms with Gasteiger partial charge < -0.3 is 9.45 Å². The van der Waals surface area contributed by atoms with Crippen LogP contribution in [0.2, 0.25) is 0 Å². The Morgan fingerprint density at radius 2 is 1.70 bits per heavy atom. The van der Waals surface area contributed by atoms with E-state index in [-0.39, 0.29) is 10.8 Å². The van der Waals surface area contributed by atoms with Crippen LogP contribution >= 0.6 is 35.3 Å². The molecule has 0 radical (unpaired) electrons. The summed E-state index contributed by atoms with van der Waals surface area (Å²) in [6, 6.07) is 14.0. The lowest BCUT2D eigenvalue weighted by molar-refractivity contribution is -0.406. The zero-order valence-electron chi connectivity index (χ0n) is 16.8. The Labute approximate surface area is 189 Å². The number of amides is 1. The van der Waals surface area contributed by atoms with Gasteiger partial charge in [0.05, 0.1) is 10.6 Å². The fourth-order valence-corrected chi connectivity index (χ4v) is 6.34. The van der Waals surface area contributed by atoms with Gasteiger partial charge in [0, 0.05) is 23.7 Å². The SMILES string of the molecule is CSC1=[N+](C)C(=O)/C(=C2\Sc3ccccc3N2C)S1.Cc1ccc(S(=O)(=O)[O-])cc1. The molecule has 0 atom stereocenters. The minimum absolute atomic E-state index is 0.0940. The van der Waals surface area contributed by atoms with Gasteiger partial charge >= 0.3 is 5.91 Å². The second-order valence-corrected chi connectivity index (χ2v) is 10.9. The molecule has 0 unspecified atom stereocenters. The number of fused-ring (bicyclic) bond motifs is 1. The molecular weight excluding hydrogens is 460 g/mol. The summed E-state index contributed by atoms with van der Waals surface area (Å²) in [5, 5.41) is 1.03. The Morgan fingerprint density at radius 1 is 1.07 bits per heavy atom. The number of likely N-dealkylation sites (N-methyl/N-ethyl adjacent to an activating group) is 1. The molecule has 0 saturated heterocycles. The number of thioether (sulfide) groups is 3. The van der Waals surface area contributed by atoms with Gasteiger partial charge in [-0.1, -0.05) is 53.4 Å². The van der Waals surface area contributed by atoms with Crippen LogP contribution in [0.15, 0.2) is 68.3 Å². The number of rotatable bonds is 1. The molecule has 2 aromatic rings. The molecule has 0 aliphatic carbocycles. The van der Waals surface area contributed by atoms with Gasteiger partial charge in [0.15, 0.2) is 4.91 Å². The quantitative estimate of drug-likeness (QED) is 0.345. The third kappa shape index (κ3) is 4.78. The Hall–Kier alpha value is -1.72. The van der Waals surface area contributed by atoms with Crippen molar-refractivity contribution in [3.8, 4) is 0 Å². The summed E-state index contributed by atoms with van der Waals surface area (Å²) in [5.41, 5.74) is 2.10. The molecular formula is C20H20N2O4S4. The summed E-state index contributed by atoms with van der Waals surface area (Å²) in [5.74, 6) is 0.0940. The second-order valence-electron chi connectivity index (χ2n) is 6.47. The van der Waals surface area contributed by atoms with Crippen molar-refractivity contribution in [1.29, 1.82) is 0 Å². The van der Waals surface area contributed by atoms with E-state index < -0.39 is 10.1 Å². The maximum absolute atomic E-state index is 12.3. The monoisotopic (exact) mass is 480 g/mol. The van der Waals surface area contributed by atoms with Crippen LogP contribution in [0.5, 0.6) is 0 Å². The fourth-order valence-electron chi connectivity index (χ4n) is 2.75. The minimum atomic E-state index is -4.27. The normalized spacial score (nSPS) is 18.4. The van der Waals surface area contributed by atoms with Crippen LogP contribution in [0.1, 0.15) is 5.56 Å². The highest BCUT2D eigenvalue weighted by molar-refractivity contribution is 8.40. The molecule has 2 aliphatic heterocycles. The topological polar surface area (TPSA) is 80.5 Å². The first-order chi connectivity index (χ1) is 14.1. The van der Waals surface area contributed by atoms with Crippen molar-refractivity contribution < 1.29 is 22.3 Å². The lowest BCUT2D eigenvalue weighted by atomic mass is 10.2. The van der Waals surface area contributed by atoms with Gasteiger partial charge in [0.25, 0.3) is 4.38 Å². The van der Waals surface area contributed by atoms with Crippen LogP contribution in [0.3, 0.4) is 0 Å². The van der Waals surface area contributed by atoms with Crippen molar-refractivity contribution in [2.75, 3.05) is 25.3 Å². The zero-order valence-corrected chi connectivity index (χ0v) is 20.0. The van der Waals surface area contributed by atoms with Crippen molar-refractivity contribution in [3.05, 3.63) is 64.0 Å². The predicted octanol–water partition coefficient (Wildman–Crippen LogP) is 3.93. The molecule has 158 valence electrons. The molecule has 0 fully saturated rings. The number of para-hydroxylation sites is 1. The molecule has 0 spiro atoms. The van der Waals surface area contributed by atoms with E-state index in [1.54, 1.807) is 52.0 Å². The van der Waals surface area contributed by atoms with Crippen LogP contribution < -0.4 is 4.90 Å². The van der Waals surface area contributed by atoms with Crippen molar-refractivity contribution in [2.24, 2.45) is 0 Å². The largest absolute Gasteiger partial charge is 0.744 e. The minimum Gasteiger partial charge on any atom is -0.744 e. The summed E-state index contributed by atoms with van der Waals surface area (Å²) < 4.78 is 33.9. The lowest BCUT2D eigenvalue weighted by Gasteiger charge is -2.13. The number of carbonyl (C=O) groups excluding carboxylic acids is 1. The number of hydrogen-bond acceptors (Lipinski definition) is 8. The summed E-state index contributed by atoms with van der Waals surface area (Å²) >= 11 is 4.86. The Balaban J connectivity index is 0.000000199. The summed E-state index contributed by atoms with van der Waals surface area (Å²) in [6.45, 7) is 1.82. The van der Waals surface area contributed by atoms with E-state index >= 15 is 0 Å². The van der Waals surface area contributed by atoms with Gasteiger partial charge in [-0.05, 0) is 37.4 Å². The Morgan fingerprint density at radius 3 is 2.23 bits per heavy atom. The first-order valence-corrected chi connectivity index (χ1v) is 13.0. The molecule has 1 amide bonds. The van der Waals surface area contributed by atoms with E-state index in [0.717, 1.165) is 19.9 Å². The van der Waals surface area contributed by atoms with Gasteiger partial charge in [-0.25, -0.2) is 13.2 Å². The predicted molar refractivity (Wildman–Crippen MR) is 124 cm³/mol. The standard InChI is InChI=1S/C13H13N2OS3.C7H8O3S/c1-14-8-6-4-5-7-9(8)18-12(14)10-11(16)15(2)13(17-3)19-10;1-6-2-4-7(5-3-6)11(8,9)10/h4-7H,1-3H3;2-5H,1H3,(H,8,9,10)/q+1;/p-1/b12-10+;. The highest BCUT2D eigenvalue weighted by Gasteiger charge is 2.40. The van der Waals surface area contributed by atoms with E-state index in [9.17, 15) is 17.8 Å². The highest BCUT2D eigenvalue weighted by Crippen LogP contribution is 2.49. The molecule has 30 heavy (non-hydrogen) atoms. The van der Waals surface area contributed by atoms with Crippen molar-refractivity contribution >= 4 is 61.4 Å². The van der Waals surface area contributed by atoms with E-state index in [1.165, 1.54) is 22.7 Å². The van der Waals surface area contributed by atoms with Crippen LogP contribution in [0.25, 0.3) is 0 Å². The van der Waals surface area contributed by atoms with Crippen molar-refractivity contribution in [2.45, 2.75) is 16.7 Å². The molecule has 6 nitrogen and oxygen atoms in total. The van der Waals surface area contributed by atoms with Crippen LogP contribution in [-0.2, 0) is 14.9 Å². The molecule has 0 saturated carbocycles. The molecule has 2 aromatic carbocycles. The van der Waals surface area contributed by atoms with Crippen molar-refractivity contribution in [1.82, 2.24) is 0 Å². The number of nitrogens with zero attached hydrogens (tertiary/aromatic N) is 2. The fraction of sp³-hybridized carbons (Fsp3) is 0.200. The highest BCUT2D eigenvalue weighted by atomic mass is 32.2. The maximum Gasteiger partial charge on any atom is 0.430 e. The van der Waals surface area contributed by atoms with E-state index in [4.69, 9.17) is 0 Å². The summed E-state index contributed by atoms with van der Waals surface area (Å²) in [7, 11) is -0.415. The molecule has 0 N–H and O–H groups in total. The lowest BCUT2D eigenvalue weighted by Crippen LogP contribution is -2.17. The molecule has 2 heterocycles. The van der Waals surface area contributed by atoms with E-state index in [2.05, 4.69) is 17.0 Å². The van der Waals surface area contributed by atoms with Gasteiger partial charge in [0.2, 0.25) is 0 Å². The van der Waals surface area contributed by atoms with Gasteiger partial charge in [-0.15, -0.1) is 4.58 Å². The molecule has 2 aliphatic rings. The van der Waals surface area contributed by atoms with Crippen molar-refractivity contribution in [3.63, 3.8) is 0 Å². The molecule has 10 heteroatoms. The Kier molecular flexibility index (Phi) is 7.03. The second kappa shape index (κ2) is 9.19. The first kappa shape index (κ1) is 23.0. The van der Waals surface area contributed by atoms with Gasteiger partial charge in [0.1, 0.15) is 22.2 Å². The first-order valence-electron chi connectivity index (χ1n) is 8.77. The molecule has 0 bridgehead atoms.